The van der Waals surface area contributed by atoms with Crippen LogP contribution in [-0.4, -0.2) is 26.3 Å². The highest BCUT2D eigenvalue weighted by atomic mass is 16.2. The minimum absolute atomic E-state index is 0.00121. The van der Waals surface area contributed by atoms with Crippen molar-refractivity contribution < 1.29 is 9.59 Å². The average molecular weight is 452 g/mol. The zero-order valence-electron chi connectivity index (χ0n) is 19.5. The Hall–Kier alpha value is -3.75. The molecule has 0 saturated carbocycles. The van der Waals surface area contributed by atoms with Gasteiger partial charge in [0.2, 0.25) is 0 Å². The number of aromatic nitrogens is 3. The molecule has 0 saturated heterocycles. The molecule has 0 spiro atoms. The molecule has 2 heterocycles. The van der Waals surface area contributed by atoms with E-state index in [1.165, 1.54) is 10.6 Å². The maximum atomic E-state index is 13.0. The summed E-state index contributed by atoms with van der Waals surface area (Å²) in [5.41, 5.74) is 5.69. The molecule has 0 aliphatic heterocycles. The largest absolute Gasteiger partial charge is 0.330 e. The van der Waals surface area contributed by atoms with Crippen molar-refractivity contribution in [2.24, 2.45) is 5.92 Å². The molecular weight excluding hydrogens is 422 g/mol. The van der Waals surface area contributed by atoms with Crippen molar-refractivity contribution in [3.8, 4) is 0 Å². The molecule has 1 aromatic carbocycles. The molecule has 9 heteroatoms. The number of nitrogens with one attached hydrogen (secondary N) is 3. The topological polar surface area (TPSA) is 126 Å². The lowest BCUT2D eigenvalue weighted by Gasteiger charge is -2.16. The highest BCUT2D eigenvalue weighted by Gasteiger charge is 2.21. The third-order valence-electron chi connectivity index (χ3n) is 5.27. The van der Waals surface area contributed by atoms with Gasteiger partial charge >= 0.3 is 5.69 Å². The number of aromatic amines is 1. The number of H-pyrrole nitrogens is 1. The number of benzene rings is 1. The molecule has 0 atom stereocenters. The van der Waals surface area contributed by atoms with Gasteiger partial charge in [-0.15, -0.1) is 0 Å². The van der Waals surface area contributed by atoms with Crippen LogP contribution in [0, 0.1) is 5.92 Å². The van der Waals surface area contributed by atoms with Gasteiger partial charge in [0.05, 0.1) is 10.9 Å². The third-order valence-corrected chi connectivity index (χ3v) is 5.27. The number of hydrogen-bond donors (Lipinski definition) is 3. The Kier molecular flexibility index (Phi) is 7.10. The normalized spacial score (nSPS) is 11.2. The van der Waals surface area contributed by atoms with Gasteiger partial charge in [0.1, 0.15) is 0 Å². The number of aryl methyl sites for hydroxylation is 1. The second kappa shape index (κ2) is 9.81. The molecule has 3 rings (SSSR count). The number of rotatable bonds is 6. The highest BCUT2D eigenvalue weighted by Crippen LogP contribution is 2.20. The van der Waals surface area contributed by atoms with Crippen molar-refractivity contribution in [3.63, 3.8) is 0 Å². The van der Waals surface area contributed by atoms with Crippen molar-refractivity contribution in [2.75, 3.05) is 0 Å². The minimum atomic E-state index is -0.704. The molecule has 3 N–H and O–H groups in total. The average Bonchev–Trinajstić information content (AvgIpc) is 2.78. The van der Waals surface area contributed by atoms with Crippen molar-refractivity contribution in [1.29, 1.82) is 0 Å². The number of nitrogens with zero attached hydrogens (tertiary/aromatic N) is 2. The summed E-state index contributed by atoms with van der Waals surface area (Å²) in [7, 11) is 0. The van der Waals surface area contributed by atoms with Crippen LogP contribution in [0.5, 0.6) is 0 Å². The summed E-state index contributed by atoms with van der Waals surface area (Å²) in [5.74, 6) is -1.12. The van der Waals surface area contributed by atoms with Crippen LogP contribution < -0.4 is 22.1 Å². The van der Waals surface area contributed by atoms with Crippen LogP contribution in [0.3, 0.4) is 0 Å². The summed E-state index contributed by atoms with van der Waals surface area (Å²) < 4.78 is 1.37. The number of carbonyl (C=O) groups is 2. The van der Waals surface area contributed by atoms with E-state index in [9.17, 15) is 19.2 Å². The van der Waals surface area contributed by atoms with Gasteiger partial charge in [0.25, 0.3) is 17.4 Å². The summed E-state index contributed by atoms with van der Waals surface area (Å²) >= 11 is 0. The van der Waals surface area contributed by atoms with E-state index in [0.717, 1.165) is 12.0 Å². The van der Waals surface area contributed by atoms with E-state index >= 15 is 0 Å². The predicted octanol–water partition coefficient (Wildman–Crippen LogP) is 2.50. The van der Waals surface area contributed by atoms with E-state index in [1.807, 2.05) is 46.8 Å². The molecule has 0 bridgehead atoms. The van der Waals surface area contributed by atoms with Crippen molar-refractivity contribution in [2.45, 2.75) is 53.5 Å². The summed E-state index contributed by atoms with van der Waals surface area (Å²) in [5, 5.41) is -0.00121. The molecule has 0 aliphatic rings. The lowest BCUT2D eigenvalue weighted by molar-refractivity contribution is 0.0847. The summed E-state index contributed by atoms with van der Waals surface area (Å²) in [6.07, 6.45) is 0.850. The van der Waals surface area contributed by atoms with Gasteiger partial charge in [-0.05, 0) is 42.0 Å². The molecule has 33 heavy (non-hydrogen) atoms. The molecule has 2 amide bonds. The molecule has 9 nitrogen and oxygen atoms in total. The Morgan fingerprint density at radius 3 is 2.24 bits per heavy atom. The number of hydrogen-bond acceptors (Lipinski definition) is 5. The van der Waals surface area contributed by atoms with Crippen molar-refractivity contribution in [1.82, 2.24) is 25.4 Å². The maximum Gasteiger partial charge on any atom is 0.330 e. The molecule has 174 valence electrons. The van der Waals surface area contributed by atoms with Gasteiger partial charge in [-0.2, -0.15) is 0 Å². The highest BCUT2D eigenvalue weighted by molar-refractivity contribution is 6.06. The van der Waals surface area contributed by atoms with Crippen LogP contribution in [0.2, 0.25) is 0 Å². The zero-order chi connectivity index (χ0) is 24.3. The minimum Gasteiger partial charge on any atom is -0.277 e. The Morgan fingerprint density at radius 2 is 1.67 bits per heavy atom. The summed E-state index contributed by atoms with van der Waals surface area (Å²) in [6, 6.07) is 8.55. The second-order valence-electron chi connectivity index (χ2n) is 8.67. The zero-order valence-corrected chi connectivity index (χ0v) is 19.5. The summed E-state index contributed by atoms with van der Waals surface area (Å²) in [6.45, 7) is 10.0. The number of carbonyl (C=O) groups excluding carboxylic acids is 2. The summed E-state index contributed by atoms with van der Waals surface area (Å²) in [4.78, 5) is 57.5. The maximum absolute atomic E-state index is 13.0. The number of hydrazine groups is 1. The lowest BCUT2D eigenvalue weighted by Crippen LogP contribution is -2.42. The van der Waals surface area contributed by atoms with Gasteiger partial charge in [-0.1, -0.05) is 46.8 Å². The van der Waals surface area contributed by atoms with Crippen LogP contribution in [0.25, 0.3) is 11.0 Å². The molecule has 0 radical (unpaired) electrons. The van der Waals surface area contributed by atoms with Gasteiger partial charge in [-0.25, -0.2) is 9.78 Å². The lowest BCUT2D eigenvalue weighted by atomic mass is 10.0. The Labute approximate surface area is 191 Å². The standard InChI is InChI=1S/C24H29N5O4/c1-6-15-7-9-16(10-8-15)21(30)27-28-22(31)17-11-18(14(4)5)25-20-19(17)23(32)26-24(33)29(20)12-13(2)3/h7-11,13-14H,6,12H2,1-5H3,(H,27,30)(H,28,31)(H,26,32,33). The first-order valence-corrected chi connectivity index (χ1v) is 11.0. The molecule has 0 unspecified atom stereocenters. The monoisotopic (exact) mass is 451 g/mol. The van der Waals surface area contributed by atoms with E-state index < -0.39 is 23.1 Å². The van der Waals surface area contributed by atoms with E-state index in [1.54, 1.807) is 12.1 Å². The first-order valence-electron chi connectivity index (χ1n) is 11.0. The van der Waals surface area contributed by atoms with Crippen LogP contribution in [0.1, 0.15) is 72.5 Å². The quantitative estimate of drug-likeness (QED) is 0.497. The van der Waals surface area contributed by atoms with E-state index in [0.29, 0.717) is 17.8 Å². The first-order chi connectivity index (χ1) is 15.6. The Morgan fingerprint density at radius 1 is 1.03 bits per heavy atom. The Balaban J connectivity index is 2.01. The SMILES string of the molecule is CCc1ccc(C(=O)NNC(=O)c2cc(C(C)C)nc3c2c(=O)[nH]c(=O)n3CC(C)C)cc1. The molecule has 2 aromatic heterocycles. The van der Waals surface area contributed by atoms with Gasteiger partial charge < -0.3 is 0 Å². The predicted molar refractivity (Wildman–Crippen MR) is 126 cm³/mol. The molecule has 0 fully saturated rings. The van der Waals surface area contributed by atoms with Gasteiger partial charge in [0, 0.05) is 17.8 Å². The van der Waals surface area contributed by atoms with Gasteiger partial charge in [0.15, 0.2) is 5.65 Å². The van der Waals surface area contributed by atoms with E-state index in [2.05, 4.69) is 20.8 Å². The van der Waals surface area contributed by atoms with E-state index in [4.69, 9.17) is 0 Å². The fraction of sp³-hybridized carbons (Fsp3) is 0.375. The third kappa shape index (κ3) is 5.19. The molecular formula is C24H29N5O4. The van der Waals surface area contributed by atoms with E-state index in [-0.39, 0.29) is 28.4 Å². The van der Waals surface area contributed by atoms with Crippen LogP contribution in [-0.2, 0) is 13.0 Å². The fourth-order valence-corrected chi connectivity index (χ4v) is 3.45. The molecule has 0 aliphatic carbocycles. The number of fused-ring (bicyclic) bond motifs is 1. The van der Waals surface area contributed by atoms with Crippen LogP contribution >= 0.6 is 0 Å². The Bertz CT molecular complexity index is 1300. The first kappa shape index (κ1) is 23.9. The number of amides is 2. The van der Waals surface area contributed by atoms with Crippen LogP contribution in [0.4, 0.5) is 0 Å². The fourth-order valence-electron chi connectivity index (χ4n) is 3.45. The smallest absolute Gasteiger partial charge is 0.277 e. The molecule has 3 aromatic rings. The van der Waals surface area contributed by atoms with Crippen LogP contribution in [0.15, 0.2) is 39.9 Å². The second-order valence-corrected chi connectivity index (χ2v) is 8.67. The van der Waals surface area contributed by atoms with Crippen molar-refractivity contribution >= 4 is 22.8 Å². The van der Waals surface area contributed by atoms with Crippen molar-refractivity contribution in [3.05, 3.63) is 73.6 Å². The number of pyridine rings is 1. The van der Waals surface area contributed by atoms with Gasteiger partial charge in [-0.3, -0.25) is 34.8 Å².